The second kappa shape index (κ2) is 6.41. The molecular weight excluding hydrogens is 378 g/mol. The molecule has 3 nitrogen and oxygen atoms in total. The molecule has 4 rings (SSSR count). The largest absolute Gasteiger partial charge is 0.381 e. The summed E-state index contributed by atoms with van der Waals surface area (Å²) in [7, 11) is 0. The Bertz CT molecular complexity index is 874. The van der Waals surface area contributed by atoms with Gasteiger partial charge in [0.25, 0.3) is 0 Å². The molecule has 4 heteroatoms. The smallest absolute Gasteiger partial charge is 0.196 e. The predicted octanol–water partition coefficient (Wildman–Crippen LogP) is 5.22. The van der Waals surface area contributed by atoms with Gasteiger partial charge in [0.15, 0.2) is 11.6 Å². The van der Waals surface area contributed by atoms with Crippen molar-refractivity contribution in [3.8, 4) is 0 Å². The van der Waals surface area contributed by atoms with E-state index in [0.717, 1.165) is 12.1 Å². The summed E-state index contributed by atoms with van der Waals surface area (Å²) in [6.45, 7) is 2.25. The molecule has 1 N–H and O–H groups in total. The molecule has 0 amide bonds. The number of benzene rings is 2. The summed E-state index contributed by atoms with van der Waals surface area (Å²) in [5.74, 6) is 0.407. The van der Waals surface area contributed by atoms with Gasteiger partial charge in [-0.3, -0.25) is 9.59 Å². The van der Waals surface area contributed by atoms with E-state index in [9.17, 15) is 9.59 Å². The average molecular weight is 398 g/mol. The number of fused-ring (bicyclic) bond motifs is 2. The fraction of sp³-hybridized carbons (Fsp3) is 0.333. The lowest BCUT2D eigenvalue weighted by molar-refractivity contribution is 0.0979. The van der Waals surface area contributed by atoms with Gasteiger partial charge in [0, 0.05) is 32.9 Å². The molecule has 2 atom stereocenters. The number of ketones is 2. The highest BCUT2D eigenvalue weighted by Gasteiger charge is 2.34. The van der Waals surface area contributed by atoms with Crippen LogP contribution >= 0.6 is 15.9 Å². The maximum Gasteiger partial charge on any atom is 0.196 e. The summed E-state index contributed by atoms with van der Waals surface area (Å²) >= 11 is 3.47. The van der Waals surface area contributed by atoms with Crippen molar-refractivity contribution in [1.82, 2.24) is 0 Å². The van der Waals surface area contributed by atoms with Crippen LogP contribution < -0.4 is 5.32 Å². The fourth-order valence-corrected chi connectivity index (χ4v) is 4.54. The molecule has 2 unspecified atom stereocenters. The molecule has 2 aromatic carbocycles. The molecule has 0 saturated heterocycles. The molecule has 0 radical (unpaired) electrons. The lowest BCUT2D eigenvalue weighted by Crippen LogP contribution is -2.32. The van der Waals surface area contributed by atoms with E-state index in [1.54, 1.807) is 18.2 Å². The second-order valence-electron chi connectivity index (χ2n) is 7.06. The van der Waals surface area contributed by atoms with Crippen molar-refractivity contribution in [1.29, 1.82) is 0 Å². The Kier molecular flexibility index (Phi) is 4.24. The van der Waals surface area contributed by atoms with Gasteiger partial charge in [-0.2, -0.15) is 0 Å². The predicted molar refractivity (Wildman–Crippen MR) is 102 cm³/mol. The molecule has 128 valence electrons. The van der Waals surface area contributed by atoms with Crippen molar-refractivity contribution in [3.63, 3.8) is 0 Å². The van der Waals surface area contributed by atoms with E-state index in [-0.39, 0.29) is 11.6 Å². The van der Waals surface area contributed by atoms with Crippen LogP contribution in [0.15, 0.2) is 40.9 Å². The van der Waals surface area contributed by atoms with Gasteiger partial charge >= 0.3 is 0 Å². The number of nitrogens with one attached hydrogen (secondary N) is 1. The van der Waals surface area contributed by atoms with E-state index >= 15 is 0 Å². The van der Waals surface area contributed by atoms with E-state index < -0.39 is 0 Å². The first-order valence-corrected chi connectivity index (χ1v) is 9.64. The monoisotopic (exact) mass is 397 g/mol. The van der Waals surface area contributed by atoms with Gasteiger partial charge in [-0.1, -0.05) is 60.0 Å². The molecule has 0 aliphatic heterocycles. The molecule has 0 spiro atoms. The molecule has 1 fully saturated rings. The third kappa shape index (κ3) is 2.73. The highest BCUT2D eigenvalue weighted by molar-refractivity contribution is 9.10. The van der Waals surface area contributed by atoms with Crippen molar-refractivity contribution in [3.05, 3.63) is 63.1 Å². The van der Waals surface area contributed by atoms with Gasteiger partial charge in [0.2, 0.25) is 0 Å². The molecule has 2 aliphatic carbocycles. The van der Waals surface area contributed by atoms with Crippen LogP contribution in [-0.2, 0) is 0 Å². The zero-order chi connectivity index (χ0) is 17.6. The highest BCUT2D eigenvalue weighted by atomic mass is 79.9. The fourth-order valence-electron chi connectivity index (χ4n) is 4.03. The Labute approximate surface area is 156 Å². The van der Waals surface area contributed by atoms with Crippen molar-refractivity contribution < 1.29 is 9.59 Å². The number of carbonyl (C=O) groups is 2. The van der Waals surface area contributed by atoms with Crippen LogP contribution in [0.25, 0.3) is 0 Å². The molecule has 0 bridgehead atoms. The number of halogens is 1. The topological polar surface area (TPSA) is 46.2 Å². The van der Waals surface area contributed by atoms with E-state index in [2.05, 4.69) is 28.2 Å². The zero-order valence-corrected chi connectivity index (χ0v) is 15.7. The first kappa shape index (κ1) is 16.5. The molecule has 0 aromatic heterocycles. The summed E-state index contributed by atoms with van der Waals surface area (Å²) in [6, 6.07) is 11.2. The van der Waals surface area contributed by atoms with Crippen LogP contribution in [0.1, 0.15) is 64.4 Å². The van der Waals surface area contributed by atoms with Crippen LogP contribution in [0, 0.1) is 5.92 Å². The Morgan fingerprint density at radius 2 is 1.56 bits per heavy atom. The summed E-state index contributed by atoms with van der Waals surface area (Å²) < 4.78 is 0.678. The third-order valence-corrected chi connectivity index (χ3v) is 6.14. The van der Waals surface area contributed by atoms with Crippen LogP contribution in [-0.4, -0.2) is 17.6 Å². The molecule has 2 aromatic rings. The number of hydrogen-bond acceptors (Lipinski definition) is 3. The lowest BCUT2D eigenvalue weighted by atomic mass is 9.82. The van der Waals surface area contributed by atoms with Gasteiger partial charge in [0.05, 0.1) is 5.56 Å². The van der Waals surface area contributed by atoms with E-state index in [1.165, 1.54) is 19.3 Å². The van der Waals surface area contributed by atoms with Gasteiger partial charge < -0.3 is 5.32 Å². The molecular formula is C21H20BrNO2. The minimum absolute atomic E-state index is 0.0718. The van der Waals surface area contributed by atoms with E-state index in [1.807, 2.05) is 18.2 Å². The van der Waals surface area contributed by atoms with E-state index in [0.29, 0.717) is 38.7 Å². The van der Waals surface area contributed by atoms with E-state index in [4.69, 9.17) is 0 Å². The summed E-state index contributed by atoms with van der Waals surface area (Å²) in [6.07, 6.45) is 4.77. The van der Waals surface area contributed by atoms with Crippen molar-refractivity contribution in [2.24, 2.45) is 5.92 Å². The van der Waals surface area contributed by atoms with Gasteiger partial charge in [-0.15, -0.1) is 0 Å². The minimum atomic E-state index is -0.0857. The molecule has 25 heavy (non-hydrogen) atoms. The molecule has 1 saturated carbocycles. The summed E-state index contributed by atoms with van der Waals surface area (Å²) in [4.78, 5) is 26.1. The first-order chi connectivity index (χ1) is 12.1. The second-order valence-corrected chi connectivity index (χ2v) is 7.92. The third-order valence-electron chi connectivity index (χ3n) is 5.48. The number of hydrogen-bond donors (Lipinski definition) is 1. The Hall–Kier alpha value is -1.94. The lowest BCUT2D eigenvalue weighted by Gasteiger charge is -2.32. The van der Waals surface area contributed by atoms with Gasteiger partial charge in [0.1, 0.15) is 0 Å². The number of anilines is 1. The van der Waals surface area contributed by atoms with Crippen LogP contribution in [0.5, 0.6) is 0 Å². The number of rotatable bonds is 2. The SMILES string of the molecule is CC1CCCCC1Nc1ccc(Br)c2c1C(=O)c1ccccc1C2=O. The maximum atomic E-state index is 13.1. The molecule has 2 aliphatic rings. The average Bonchev–Trinajstić information content (AvgIpc) is 2.63. The first-order valence-electron chi connectivity index (χ1n) is 8.85. The van der Waals surface area contributed by atoms with Crippen molar-refractivity contribution in [2.45, 2.75) is 38.6 Å². The van der Waals surface area contributed by atoms with Crippen LogP contribution in [0.3, 0.4) is 0 Å². The quantitative estimate of drug-likeness (QED) is 0.644. The standard InChI is InChI=1S/C21H20BrNO2/c1-12-6-2-5-9-16(12)23-17-11-10-15(22)18-19(17)21(25)14-8-4-3-7-13(14)20(18)24/h3-4,7-8,10-12,16,23H,2,5-6,9H2,1H3. The zero-order valence-electron chi connectivity index (χ0n) is 14.1. The van der Waals surface area contributed by atoms with Crippen LogP contribution in [0.2, 0.25) is 0 Å². The minimum Gasteiger partial charge on any atom is -0.381 e. The van der Waals surface area contributed by atoms with Crippen LogP contribution in [0.4, 0.5) is 5.69 Å². The van der Waals surface area contributed by atoms with Gasteiger partial charge in [-0.05, 0) is 30.9 Å². The summed E-state index contributed by atoms with van der Waals surface area (Å²) in [5.41, 5.74) is 2.76. The van der Waals surface area contributed by atoms with Gasteiger partial charge in [-0.25, -0.2) is 0 Å². The van der Waals surface area contributed by atoms with Crippen molar-refractivity contribution in [2.75, 3.05) is 5.32 Å². The molecule has 0 heterocycles. The Morgan fingerprint density at radius 1 is 0.920 bits per heavy atom. The number of carbonyl (C=O) groups excluding carboxylic acids is 2. The Balaban J connectivity index is 1.81. The summed E-state index contributed by atoms with van der Waals surface area (Å²) in [5, 5.41) is 3.57. The Morgan fingerprint density at radius 3 is 2.24 bits per heavy atom. The normalized spacial score (nSPS) is 22.3. The maximum absolute atomic E-state index is 13.1. The highest BCUT2D eigenvalue weighted by Crippen LogP contribution is 2.37. The van der Waals surface area contributed by atoms with Crippen molar-refractivity contribution >= 4 is 33.2 Å².